The molecule has 1 aliphatic carbocycles. The molecule has 0 aliphatic heterocycles. The van der Waals surface area contributed by atoms with E-state index in [1.54, 1.807) is 6.20 Å². The van der Waals surface area contributed by atoms with Crippen LogP contribution in [0.1, 0.15) is 24.0 Å². The summed E-state index contributed by atoms with van der Waals surface area (Å²) in [5, 5.41) is 0. The van der Waals surface area contributed by atoms with Gasteiger partial charge in [0.25, 0.3) is 0 Å². The molecule has 1 heterocycles. The van der Waals surface area contributed by atoms with Gasteiger partial charge in [0.05, 0.1) is 0 Å². The molecule has 62 valence electrons. The van der Waals surface area contributed by atoms with Crippen molar-refractivity contribution in [2.75, 3.05) is 0 Å². The molecule has 1 fully saturated rings. The maximum atomic E-state index is 6.07. The zero-order valence-electron chi connectivity index (χ0n) is 6.96. The summed E-state index contributed by atoms with van der Waals surface area (Å²) in [5.41, 5.74) is 8.25. The van der Waals surface area contributed by atoms with Gasteiger partial charge in [-0.1, -0.05) is 12.7 Å². The summed E-state index contributed by atoms with van der Waals surface area (Å²) >= 11 is 0. The molecule has 0 amide bonds. The fourth-order valence-corrected chi connectivity index (χ4v) is 1.43. The number of aromatic nitrogens is 1. The summed E-state index contributed by atoms with van der Waals surface area (Å²) in [4.78, 5) is 4.03. The van der Waals surface area contributed by atoms with Gasteiger partial charge in [0, 0.05) is 17.9 Å². The van der Waals surface area contributed by atoms with Crippen molar-refractivity contribution < 1.29 is 0 Å². The molecule has 1 aromatic heterocycles. The van der Waals surface area contributed by atoms with E-state index >= 15 is 0 Å². The van der Waals surface area contributed by atoms with Crippen molar-refractivity contribution >= 4 is 6.08 Å². The first-order chi connectivity index (χ1) is 5.76. The average molecular weight is 160 g/mol. The summed E-state index contributed by atoms with van der Waals surface area (Å²) < 4.78 is 0. The van der Waals surface area contributed by atoms with E-state index in [-0.39, 0.29) is 5.54 Å². The van der Waals surface area contributed by atoms with Gasteiger partial charge in [0.1, 0.15) is 0 Å². The Hall–Kier alpha value is -1.15. The van der Waals surface area contributed by atoms with Gasteiger partial charge in [-0.25, -0.2) is 0 Å². The van der Waals surface area contributed by atoms with Crippen LogP contribution in [0.2, 0.25) is 0 Å². The summed E-state index contributed by atoms with van der Waals surface area (Å²) in [6, 6.07) is 1.99. The third-order valence-electron chi connectivity index (χ3n) is 2.40. The Kier molecular flexibility index (Phi) is 1.51. The van der Waals surface area contributed by atoms with E-state index in [2.05, 4.69) is 11.6 Å². The Morgan fingerprint density at radius 2 is 2.33 bits per heavy atom. The van der Waals surface area contributed by atoms with Crippen LogP contribution in [0, 0.1) is 0 Å². The predicted molar refractivity (Wildman–Crippen MR) is 49.4 cm³/mol. The van der Waals surface area contributed by atoms with E-state index in [0.717, 1.165) is 18.4 Å². The van der Waals surface area contributed by atoms with Gasteiger partial charge < -0.3 is 5.73 Å². The number of pyridine rings is 1. The quantitative estimate of drug-likeness (QED) is 0.714. The third kappa shape index (κ3) is 1.04. The van der Waals surface area contributed by atoms with Crippen molar-refractivity contribution in [1.82, 2.24) is 4.98 Å². The molecule has 12 heavy (non-hydrogen) atoms. The minimum atomic E-state index is -0.0769. The lowest BCUT2D eigenvalue weighted by atomic mass is 10.0. The van der Waals surface area contributed by atoms with Crippen LogP contribution < -0.4 is 5.73 Å². The standard InChI is InChI=1S/C10H12N2/c1-2-8-7-12-6-3-9(8)10(11)4-5-10/h2-3,6-7H,1,4-5,11H2. The van der Waals surface area contributed by atoms with Gasteiger partial charge in [0.15, 0.2) is 0 Å². The Balaban J connectivity index is 2.48. The van der Waals surface area contributed by atoms with E-state index in [1.807, 2.05) is 18.3 Å². The molecule has 1 saturated carbocycles. The SMILES string of the molecule is C=Cc1cnccc1C1(N)CC1. The fourth-order valence-electron chi connectivity index (χ4n) is 1.43. The molecule has 2 nitrogen and oxygen atoms in total. The monoisotopic (exact) mass is 160 g/mol. The lowest BCUT2D eigenvalue weighted by Gasteiger charge is -2.11. The summed E-state index contributed by atoms with van der Waals surface area (Å²) in [7, 11) is 0. The van der Waals surface area contributed by atoms with Crippen molar-refractivity contribution in [3.8, 4) is 0 Å². The molecule has 0 spiro atoms. The molecule has 0 aromatic carbocycles. The second-order valence-corrected chi connectivity index (χ2v) is 3.32. The maximum Gasteiger partial charge on any atom is 0.0418 e. The van der Waals surface area contributed by atoms with E-state index < -0.39 is 0 Å². The molecule has 2 heteroatoms. The van der Waals surface area contributed by atoms with Gasteiger partial charge in [-0.15, -0.1) is 0 Å². The van der Waals surface area contributed by atoms with Crippen molar-refractivity contribution in [3.05, 3.63) is 36.2 Å². The minimum absolute atomic E-state index is 0.0769. The zero-order chi connectivity index (χ0) is 8.60. The Bertz CT molecular complexity index is 313. The molecular formula is C10H12N2. The van der Waals surface area contributed by atoms with Gasteiger partial charge >= 0.3 is 0 Å². The first kappa shape index (κ1) is 7.50. The first-order valence-electron chi connectivity index (χ1n) is 4.12. The van der Waals surface area contributed by atoms with E-state index in [0.29, 0.717) is 0 Å². The van der Waals surface area contributed by atoms with E-state index in [4.69, 9.17) is 5.73 Å². The second-order valence-electron chi connectivity index (χ2n) is 3.32. The van der Waals surface area contributed by atoms with E-state index in [9.17, 15) is 0 Å². The highest BCUT2D eigenvalue weighted by Gasteiger charge is 2.41. The molecule has 2 rings (SSSR count). The lowest BCUT2D eigenvalue weighted by Crippen LogP contribution is -2.19. The Morgan fingerprint density at radius 1 is 1.58 bits per heavy atom. The first-order valence-corrected chi connectivity index (χ1v) is 4.12. The van der Waals surface area contributed by atoms with Crippen LogP contribution >= 0.6 is 0 Å². The zero-order valence-corrected chi connectivity index (χ0v) is 6.96. The van der Waals surface area contributed by atoms with Gasteiger partial charge in [-0.3, -0.25) is 4.98 Å². The topological polar surface area (TPSA) is 38.9 Å². The predicted octanol–water partition coefficient (Wildman–Crippen LogP) is 1.67. The molecule has 2 N–H and O–H groups in total. The normalized spacial score (nSPS) is 18.8. The molecule has 0 atom stereocenters. The summed E-state index contributed by atoms with van der Waals surface area (Å²) in [5.74, 6) is 0. The second kappa shape index (κ2) is 2.42. The van der Waals surface area contributed by atoms with Crippen LogP contribution in [0.3, 0.4) is 0 Å². The van der Waals surface area contributed by atoms with Gasteiger partial charge in [0.2, 0.25) is 0 Å². The molecule has 1 aromatic rings. The smallest absolute Gasteiger partial charge is 0.0418 e. The molecule has 0 radical (unpaired) electrons. The van der Waals surface area contributed by atoms with Crippen LogP contribution in [0.4, 0.5) is 0 Å². The van der Waals surface area contributed by atoms with Gasteiger partial charge in [-0.2, -0.15) is 0 Å². The fraction of sp³-hybridized carbons (Fsp3) is 0.300. The highest BCUT2D eigenvalue weighted by Crippen LogP contribution is 2.43. The van der Waals surface area contributed by atoms with Crippen LogP contribution in [-0.2, 0) is 5.54 Å². The van der Waals surface area contributed by atoms with Gasteiger partial charge in [-0.05, 0) is 30.0 Å². The summed E-state index contributed by atoms with van der Waals surface area (Å²) in [6.45, 7) is 3.74. The van der Waals surface area contributed by atoms with Crippen LogP contribution in [0.25, 0.3) is 6.08 Å². The van der Waals surface area contributed by atoms with Crippen molar-refractivity contribution in [2.24, 2.45) is 5.73 Å². The molecule has 0 unspecified atom stereocenters. The Labute approximate surface area is 72.1 Å². The lowest BCUT2D eigenvalue weighted by molar-refractivity contribution is 0.736. The van der Waals surface area contributed by atoms with Crippen LogP contribution in [0.5, 0.6) is 0 Å². The highest BCUT2D eigenvalue weighted by molar-refractivity contribution is 5.53. The summed E-state index contributed by atoms with van der Waals surface area (Å²) in [6.07, 6.45) is 7.58. The maximum absolute atomic E-state index is 6.07. The number of rotatable bonds is 2. The molecule has 1 aliphatic rings. The number of nitrogens with zero attached hydrogens (tertiary/aromatic N) is 1. The number of hydrogen-bond donors (Lipinski definition) is 1. The molecule has 0 bridgehead atoms. The molecule has 0 saturated heterocycles. The number of nitrogens with two attached hydrogens (primary N) is 1. The average Bonchev–Trinajstić information content (AvgIpc) is 2.85. The largest absolute Gasteiger partial charge is 0.321 e. The number of hydrogen-bond acceptors (Lipinski definition) is 2. The van der Waals surface area contributed by atoms with Crippen LogP contribution in [0.15, 0.2) is 25.0 Å². The molecular weight excluding hydrogens is 148 g/mol. The third-order valence-corrected chi connectivity index (χ3v) is 2.40. The van der Waals surface area contributed by atoms with Crippen LogP contribution in [-0.4, -0.2) is 4.98 Å². The van der Waals surface area contributed by atoms with E-state index in [1.165, 1.54) is 5.56 Å². The van der Waals surface area contributed by atoms with Crippen molar-refractivity contribution in [1.29, 1.82) is 0 Å². The van der Waals surface area contributed by atoms with Crippen molar-refractivity contribution in [3.63, 3.8) is 0 Å². The minimum Gasteiger partial charge on any atom is -0.321 e. The highest BCUT2D eigenvalue weighted by atomic mass is 14.8. The Morgan fingerprint density at radius 3 is 2.92 bits per heavy atom. The van der Waals surface area contributed by atoms with Crippen molar-refractivity contribution in [2.45, 2.75) is 18.4 Å².